The molecule has 0 aliphatic rings. The molecule has 0 amide bonds. The molecule has 0 bridgehead atoms. The van der Waals surface area contributed by atoms with Crippen molar-refractivity contribution in [1.29, 1.82) is 0 Å². The Bertz CT molecular complexity index is 1060. The Kier molecular flexibility index (Phi) is 5.48. The highest BCUT2D eigenvalue weighted by Gasteiger charge is 2.34. The number of halogens is 4. The lowest BCUT2D eigenvalue weighted by Crippen LogP contribution is -2.11. The number of anilines is 1. The van der Waals surface area contributed by atoms with Gasteiger partial charge in [0.05, 0.1) is 30.3 Å². The van der Waals surface area contributed by atoms with Gasteiger partial charge in [-0.1, -0.05) is 12.1 Å². The molecule has 0 atom stereocenters. The normalized spacial score (nSPS) is 11.8. The van der Waals surface area contributed by atoms with Gasteiger partial charge in [-0.2, -0.15) is 27.8 Å². The maximum Gasteiger partial charge on any atom is 0.433 e. The largest absolute Gasteiger partial charge is 0.496 e. The molecule has 3 aromatic rings. The van der Waals surface area contributed by atoms with E-state index in [9.17, 15) is 17.6 Å². The summed E-state index contributed by atoms with van der Waals surface area (Å²) in [5.74, 6) is -0.687. The van der Waals surface area contributed by atoms with Gasteiger partial charge >= 0.3 is 6.18 Å². The second-order valence-corrected chi connectivity index (χ2v) is 5.94. The standard InChI is InChI=1S/C18H16F4N6O/c1-10-12(16(19)28(2)27-10)9-23-26-17-24-13(8-15(25-17)18(20,21)22)11-6-4-5-7-14(11)29-3/h4-9H,1-3H3,(H,24,25,26)/b23-9+. The molecule has 2 heterocycles. The summed E-state index contributed by atoms with van der Waals surface area (Å²) >= 11 is 0. The molecule has 29 heavy (non-hydrogen) atoms. The van der Waals surface area contributed by atoms with E-state index in [2.05, 4.69) is 25.6 Å². The van der Waals surface area contributed by atoms with Crippen LogP contribution >= 0.6 is 0 Å². The van der Waals surface area contributed by atoms with Crippen molar-refractivity contribution in [2.24, 2.45) is 12.1 Å². The average molecular weight is 408 g/mol. The Morgan fingerprint density at radius 3 is 2.55 bits per heavy atom. The first-order chi connectivity index (χ1) is 13.7. The zero-order valence-electron chi connectivity index (χ0n) is 15.6. The summed E-state index contributed by atoms with van der Waals surface area (Å²) < 4.78 is 60.0. The third-order valence-electron chi connectivity index (χ3n) is 3.95. The van der Waals surface area contributed by atoms with E-state index in [1.54, 1.807) is 31.2 Å². The number of hydrogen-bond acceptors (Lipinski definition) is 6. The molecule has 152 valence electrons. The maximum absolute atomic E-state index is 13.9. The zero-order valence-corrected chi connectivity index (χ0v) is 15.6. The number of aromatic nitrogens is 4. The fraction of sp³-hybridized carbons (Fsp3) is 0.222. The first kappa shape index (κ1) is 20.2. The number of aryl methyl sites for hydroxylation is 2. The van der Waals surface area contributed by atoms with E-state index in [0.29, 0.717) is 17.0 Å². The number of hydrogen-bond donors (Lipinski definition) is 1. The highest BCUT2D eigenvalue weighted by Crippen LogP contribution is 2.34. The molecule has 3 rings (SSSR count). The van der Waals surface area contributed by atoms with E-state index in [1.807, 2.05) is 0 Å². The molecular weight excluding hydrogens is 392 g/mol. The van der Waals surface area contributed by atoms with Crippen LogP contribution in [-0.4, -0.2) is 33.1 Å². The van der Waals surface area contributed by atoms with Gasteiger partial charge in [0.25, 0.3) is 0 Å². The topological polar surface area (TPSA) is 77.2 Å². The molecule has 0 aliphatic heterocycles. The van der Waals surface area contributed by atoms with Gasteiger partial charge < -0.3 is 4.74 Å². The van der Waals surface area contributed by atoms with Crippen LogP contribution in [0.15, 0.2) is 35.4 Å². The third kappa shape index (κ3) is 4.33. The lowest BCUT2D eigenvalue weighted by atomic mass is 10.1. The Balaban J connectivity index is 1.99. The van der Waals surface area contributed by atoms with Crippen LogP contribution in [0.1, 0.15) is 17.0 Å². The summed E-state index contributed by atoms with van der Waals surface area (Å²) in [5, 5.41) is 7.64. The Morgan fingerprint density at radius 1 is 1.21 bits per heavy atom. The quantitative estimate of drug-likeness (QED) is 0.395. The van der Waals surface area contributed by atoms with Crippen LogP contribution in [0.4, 0.5) is 23.5 Å². The summed E-state index contributed by atoms with van der Waals surface area (Å²) in [6, 6.07) is 7.32. The molecule has 0 saturated heterocycles. The highest BCUT2D eigenvalue weighted by atomic mass is 19.4. The van der Waals surface area contributed by atoms with Crippen LogP contribution < -0.4 is 10.2 Å². The predicted octanol–water partition coefficient (Wildman–Crippen LogP) is 3.80. The maximum atomic E-state index is 13.9. The summed E-state index contributed by atoms with van der Waals surface area (Å²) in [7, 11) is 2.82. The van der Waals surface area contributed by atoms with Gasteiger partial charge in [0.15, 0.2) is 5.69 Å². The van der Waals surface area contributed by atoms with Gasteiger partial charge in [0, 0.05) is 12.6 Å². The number of benzene rings is 1. The van der Waals surface area contributed by atoms with Crippen LogP contribution in [0, 0.1) is 12.9 Å². The average Bonchev–Trinajstić information content (AvgIpc) is 2.93. The van der Waals surface area contributed by atoms with Gasteiger partial charge in [0.2, 0.25) is 11.9 Å². The van der Waals surface area contributed by atoms with Gasteiger partial charge in [-0.15, -0.1) is 0 Å². The fourth-order valence-corrected chi connectivity index (χ4v) is 2.58. The smallest absolute Gasteiger partial charge is 0.433 e. The Labute approximate surface area is 163 Å². The van der Waals surface area contributed by atoms with Gasteiger partial charge in [-0.3, -0.25) is 0 Å². The second kappa shape index (κ2) is 7.86. The molecule has 0 spiro atoms. The van der Waals surface area contributed by atoms with Gasteiger partial charge in [-0.05, 0) is 25.1 Å². The van der Waals surface area contributed by atoms with Crippen molar-refractivity contribution in [3.63, 3.8) is 0 Å². The first-order valence-corrected chi connectivity index (χ1v) is 8.28. The second-order valence-electron chi connectivity index (χ2n) is 5.94. The number of methoxy groups -OCH3 is 1. The molecule has 7 nitrogen and oxygen atoms in total. The zero-order chi connectivity index (χ0) is 21.2. The lowest BCUT2D eigenvalue weighted by molar-refractivity contribution is -0.141. The molecule has 0 saturated carbocycles. The van der Waals surface area contributed by atoms with Crippen LogP contribution in [0.5, 0.6) is 5.75 Å². The van der Waals surface area contributed by atoms with Gasteiger partial charge in [-0.25, -0.2) is 20.1 Å². The summed E-state index contributed by atoms with van der Waals surface area (Å²) in [4.78, 5) is 7.53. The SMILES string of the molecule is COc1ccccc1-c1cc(C(F)(F)F)nc(N/N=C/c2c(C)nn(C)c2F)n1. The molecule has 0 unspecified atom stereocenters. The van der Waals surface area contributed by atoms with Gasteiger partial charge in [0.1, 0.15) is 5.75 Å². The predicted molar refractivity (Wildman–Crippen MR) is 98.1 cm³/mol. The molecule has 11 heteroatoms. The minimum absolute atomic E-state index is 0.00814. The number of nitrogens with zero attached hydrogens (tertiary/aromatic N) is 5. The van der Waals surface area contributed by atoms with E-state index in [4.69, 9.17) is 4.74 Å². The van der Waals surface area contributed by atoms with E-state index in [0.717, 1.165) is 17.0 Å². The van der Waals surface area contributed by atoms with Crippen molar-refractivity contribution < 1.29 is 22.3 Å². The molecule has 1 aromatic carbocycles. The summed E-state index contributed by atoms with van der Waals surface area (Å²) in [6.45, 7) is 1.57. The highest BCUT2D eigenvalue weighted by molar-refractivity contribution is 5.81. The minimum atomic E-state index is -4.70. The van der Waals surface area contributed by atoms with Crippen LogP contribution in [0.3, 0.4) is 0 Å². The van der Waals surface area contributed by atoms with Crippen molar-refractivity contribution in [2.75, 3.05) is 12.5 Å². The molecule has 0 radical (unpaired) electrons. The van der Waals surface area contributed by atoms with Crippen LogP contribution in [0.25, 0.3) is 11.3 Å². The third-order valence-corrected chi connectivity index (χ3v) is 3.95. The molecule has 0 aliphatic carbocycles. The van der Waals surface area contributed by atoms with Crippen LogP contribution in [-0.2, 0) is 13.2 Å². The van der Waals surface area contributed by atoms with E-state index < -0.39 is 23.8 Å². The minimum Gasteiger partial charge on any atom is -0.496 e. The Morgan fingerprint density at radius 2 is 1.93 bits per heavy atom. The molecule has 0 fully saturated rings. The number of alkyl halides is 3. The Hall–Kier alpha value is -3.50. The monoisotopic (exact) mass is 408 g/mol. The van der Waals surface area contributed by atoms with E-state index in [1.165, 1.54) is 14.2 Å². The molecule has 1 N–H and O–H groups in total. The van der Waals surface area contributed by atoms with Crippen molar-refractivity contribution in [2.45, 2.75) is 13.1 Å². The number of nitrogens with one attached hydrogen (secondary N) is 1. The molecule has 2 aromatic heterocycles. The van der Waals surface area contributed by atoms with Crippen molar-refractivity contribution in [3.05, 3.63) is 53.2 Å². The number of hydrazone groups is 1. The summed E-state index contributed by atoms with van der Waals surface area (Å²) in [5.41, 5.74) is 1.97. The number of ether oxygens (including phenoxy) is 1. The van der Waals surface area contributed by atoms with Crippen LogP contribution in [0.2, 0.25) is 0 Å². The number of para-hydroxylation sites is 1. The first-order valence-electron chi connectivity index (χ1n) is 8.28. The summed E-state index contributed by atoms with van der Waals surface area (Å²) in [6.07, 6.45) is -3.60. The van der Waals surface area contributed by atoms with Crippen molar-refractivity contribution in [3.8, 4) is 17.0 Å². The molecular formula is C18H16F4N6O. The van der Waals surface area contributed by atoms with Crippen molar-refractivity contribution in [1.82, 2.24) is 19.7 Å². The van der Waals surface area contributed by atoms with E-state index in [-0.39, 0.29) is 11.3 Å². The van der Waals surface area contributed by atoms with E-state index >= 15 is 0 Å². The fourth-order valence-electron chi connectivity index (χ4n) is 2.58. The lowest BCUT2D eigenvalue weighted by Gasteiger charge is -2.12. The van der Waals surface area contributed by atoms with Crippen molar-refractivity contribution >= 4 is 12.2 Å². The number of rotatable bonds is 5.